The molecule has 0 aromatic carbocycles. The predicted octanol–water partition coefficient (Wildman–Crippen LogP) is 3.57. The normalized spacial score (nSPS) is 20.3. The van der Waals surface area contributed by atoms with Gasteiger partial charge in [0, 0.05) is 37.4 Å². The van der Waals surface area contributed by atoms with E-state index in [1.54, 1.807) is 16.3 Å². The summed E-state index contributed by atoms with van der Waals surface area (Å²) in [6, 6.07) is 1.85. The second-order valence-electron chi connectivity index (χ2n) is 7.36. The van der Waals surface area contributed by atoms with Crippen molar-refractivity contribution in [2.24, 2.45) is 0 Å². The Hall–Kier alpha value is -1.89. The molecular formula is C19H26N2O4S. The SMILES string of the molecule is CCC[C@@H](C)N1CC2(CCN(C(=O)c3csc(C(C)=O)c3)CC2)OC1=O. The summed E-state index contributed by atoms with van der Waals surface area (Å²) in [5.74, 6) is -0.0741. The van der Waals surface area contributed by atoms with Crippen LogP contribution in [-0.2, 0) is 4.74 Å². The second kappa shape index (κ2) is 7.39. The molecule has 7 heteroatoms. The smallest absolute Gasteiger partial charge is 0.410 e. The Bertz CT molecular complexity index is 706. The molecule has 3 heterocycles. The molecule has 0 unspecified atom stereocenters. The summed E-state index contributed by atoms with van der Waals surface area (Å²) in [5, 5.41) is 1.74. The zero-order valence-electron chi connectivity index (χ0n) is 15.6. The topological polar surface area (TPSA) is 66.9 Å². The van der Waals surface area contributed by atoms with Gasteiger partial charge in [-0.05, 0) is 26.3 Å². The van der Waals surface area contributed by atoms with Crippen molar-refractivity contribution >= 4 is 29.1 Å². The fourth-order valence-electron chi connectivity index (χ4n) is 3.75. The lowest BCUT2D eigenvalue weighted by molar-refractivity contribution is 0.00308. The summed E-state index contributed by atoms with van der Waals surface area (Å²) < 4.78 is 5.75. The summed E-state index contributed by atoms with van der Waals surface area (Å²) in [4.78, 5) is 40.6. The Kier molecular flexibility index (Phi) is 5.37. The van der Waals surface area contributed by atoms with Crippen molar-refractivity contribution in [2.45, 2.75) is 58.1 Å². The van der Waals surface area contributed by atoms with E-state index >= 15 is 0 Å². The van der Waals surface area contributed by atoms with E-state index in [-0.39, 0.29) is 23.8 Å². The number of nitrogens with zero attached hydrogens (tertiary/aromatic N) is 2. The van der Waals surface area contributed by atoms with Crippen molar-refractivity contribution in [2.75, 3.05) is 19.6 Å². The number of Topliss-reactive ketones (excluding diaryl/α,β-unsaturated/α-hetero) is 1. The maximum absolute atomic E-state index is 12.7. The quantitative estimate of drug-likeness (QED) is 0.735. The van der Waals surface area contributed by atoms with Crippen molar-refractivity contribution in [3.8, 4) is 0 Å². The minimum atomic E-state index is -0.463. The average Bonchev–Trinajstić information content (AvgIpc) is 3.21. The molecule has 0 bridgehead atoms. The van der Waals surface area contributed by atoms with Crippen LogP contribution in [0, 0.1) is 0 Å². The Morgan fingerprint density at radius 2 is 2.04 bits per heavy atom. The zero-order valence-corrected chi connectivity index (χ0v) is 16.4. The minimum Gasteiger partial charge on any atom is -0.441 e. The second-order valence-corrected chi connectivity index (χ2v) is 8.28. The molecule has 0 saturated carbocycles. The number of amides is 2. The fraction of sp³-hybridized carbons (Fsp3) is 0.632. The highest BCUT2D eigenvalue weighted by molar-refractivity contribution is 7.12. The van der Waals surface area contributed by atoms with Crippen LogP contribution in [0.5, 0.6) is 0 Å². The first-order valence-corrected chi connectivity index (χ1v) is 10.1. The third-order valence-corrected chi connectivity index (χ3v) is 6.42. The van der Waals surface area contributed by atoms with E-state index < -0.39 is 5.60 Å². The van der Waals surface area contributed by atoms with E-state index in [1.165, 1.54) is 18.3 Å². The summed E-state index contributed by atoms with van der Waals surface area (Å²) in [7, 11) is 0. The van der Waals surface area contributed by atoms with Crippen LogP contribution in [0.2, 0.25) is 0 Å². The first-order chi connectivity index (χ1) is 12.3. The largest absolute Gasteiger partial charge is 0.441 e. The van der Waals surface area contributed by atoms with Crippen LogP contribution in [0.25, 0.3) is 0 Å². The monoisotopic (exact) mass is 378 g/mol. The van der Waals surface area contributed by atoms with E-state index in [4.69, 9.17) is 4.74 Å². The summed E-state index contributed by atoms with van der Waals surface area (Å²) in [6.07, 6.45) is 3.08. The Labute approximate surface area is 158 Å². The van der Waals surface area contributed by atoms with Crippen LogP contribution < -0.4 is 0 Å². The lowest BCUT2D eigenvalue weighted by atomic mass is 9.90. The van der Waals surface area contributed by atoms with Gasteiger partial charge in [-0.1, -0.05) is 13.3 Å². The highest BCUT2D eigenvalue weighted by Crippen LogP contribution is 2.35. The molecule has 142 valence electrons. The molecule has 1 aromatic heterocycles. The van der Waals surface area contributed by atoms with Gasteiger partial charge in [0.05, 0.1) is 17.0 Å². The maximum Gasteiger partial charge on any atom is 0.410 e. The fourth-order valence-corrected chi connectivity index (χ4v) is 4.54. The lowest BCUT2D eigenvalue weighted by Crippen LogP contribution is -2.49. The third-order valence-electron chi connectivity index (χ3n) is 5.39. The van der Waals surface area contributed by atoms with E-state index in [2.05, 4.69) is 13.8 Å². The summed E-state index contributed by atoms with van der Waals surface area (Å²) in [6.45, 7) is 7.42. The van der Waals surface area contributed by atoms with Gasteiger partial charge in [-0.15, -0.1) is 11.3 Å². The lowest BCUT2D eigenvalue weighted by Gasteiger charge is -2.37. The highest BCUT2D eigenvalue weighted by Gasteiger charge is 2.48. The third kappa shape index (κ3) is 3.63. The molecule has 2 amide bonds. The van der Waals surface area contributed by atoms with Gasteiger partial charge in [-0.3, -0.25) is 9.59 Å². The molecule has 6 nitrogen and oxygen atoms in total. The van der Waals surface area contributed by atoms with Gasteiger partial charge in [-0.2, -0.15) is 0 Å². The number of likely N-dealkylation sites (tertiary alicyclic amines) is 1. The molecule has 2 fully saturated rings. The van der Waals surface area contributed by atoms with Crippen molar-refractivity contribution in [3.05, 3.63) is 21.9 Å². The number of hydrogen-bond donors (Lipinski definition) is 0. The molecule has 2 aliphatic heterocycles. The molecule has 1 aromatic rings. The number of ketones is 1. The molecule has 0 radical (unpaired) electrons. The predicted molar refractivity (Wildman–Crippen MR) is 99.7 cm³/mol. The molecule has 0 N–H and O–H groups in total. The van der Waals surface area contributed by atoms with E-state index in [1.807, 2.05) is 4.90 Å². The van der Waals surface area contributed by atoms with Gasteiger partial charge < -0.3 is 14.5 Å². The Morgan fingerprint density at radius 3 is 2.62 bits per heavy atom. The van der Waals surface area contributed by atoms with Gasteiger partial charge in [0.25, 0.3) is 5.91 Å². The summed E-state index contributed by atoms with van der Waals surface area (Å²) >= 11 is 1.30. The van der Waals surface area contributed by atoms with Gasteiger partial charge in [-0.25, -0.2) is 4.79 Å². The van der Waals surface area contributed by atoms with E-state index in [9.17, 15) is 14.4 Å². The first-order valence-electron chi connectivity index (χ1n) is 9.23. The minimum absolute atomic E-state index is 0.0224. The molecule has 1 atom stereocenters. The molecule has 2 saturated heterocycles. The van der Waals surface area contributed by atoms with Gasteiger partial charge in [0.1, 0.15) is 5.60 Å². The van der Waals surface area contributed by atoms with Gasteiger partial charge >= 0.3 is 6.09 Å². The number of carbonyl (C=O) groups excluding carboxylic acids is 3. The van der Waals surface area contributed by atoms with Gasteiger partial charge in [0.15, 0.2) is 5.78 Å². The van der Waals surface area contributed by atoms with E-state index in [0.29, 0.717) is 42.9 Å². The molecule has 0 aliphatic carbocycles. The van der Waals surface area contributed by atoms with Crippen LogP contribution in [0.4, 0.5) is 4.79 Å². The number of thiophene rings is 1. The highest BCUT2D eigenvalue weighted by atomic mass is 32.1. The standard InChI is InChI=1S/C19H26N2O4S/c1-4-5-13(2)21-12-19(25-18(21)24)6-8-20(9-7-19)17(23)15-10-16(14(3)22)26-11-15/h10-11,13H,4-9,12H2,1-3H3/t13-/m1/s1. The first kappa shape index (κ1) is 18.9. The number of piperidine rings is 1. The van der Waals surface area contributed by atoms with Crippen LogP contribution >= 0.6 is 11.3 Å². The van der Waals surface area contributed by atoms with Crippen LogP contribution in [-0.4, -0.2) is 58.9 Å². The maximum atomic E-state index is 12.7. The van der Waals surface area contributed by atoms with Crippen molar-refractivity contribution in [3.63, 3.8) is 0 Å². The zero-order chi connectivity index (χ0) is 18.9. The number of carbonyl (C=O) groups is 3. The number of rotatable bonds is 5. The van der Waals surface area contributed by atoms with Crippen LogP contribution in [0.1, 0.15) is 66.5 Å². The Balaban J connectivity index is 1.61. The van der Waals surface area contributed by atoms with Crippen molar-refractivity contribution in [1.82, 2.24) is 9.80 Å². The number of ether oxygens (including phenoxy) is 1. The van der Waals surface area contributed by atoms with Gasteiger partial charge in [0.2, 0.25) is 0 Å². The molecule has 26 heavy (non-hydrogen) atoms. The number of hydrogen-bond acceptors (Lipinski definition) is 5. The summed E-state index contributed by atoms with van der Waals surface area (Å²) in [5.41, 5.74) is 0.104. The average molecular weight is 378 g/mol. The van der Waals surface area contributed by atoms with Crippen molar-refractivity contribution < 1.29 is 19.1 Å². The molecule has 1 spiro atoms. The van der Waals surface area contributed by atoms with E-state index in [0.717, 1.165) is 12.8 Å². The Morgan fingerprint density at radius 1 is 1.35 bits per heavy atom. The molecule has 2 aliphatic rings. The molecule has 3 rings (SSSR count). The van der Waals surface area contributed by atoms with Crippen LogP contribution in [0.15, 0.2) is 11.4 Å². The molecular weight excluding hydrogens is 352 g/mol. The van der Waals surface area contributed by atoms with Crippen molar-refractivity contribution in [1.29, 1.82) is 0 Å². The van der Waals surface area contributed by atoms with Crippen LogP contribution in [0.3, 0.4) is 0 Å².